The predicted molar refractivity (Wildman–Crippen MR) is 63.0 cm³/mol. The first kappa shape index (κ1) is 12.2. The summed E-state index contributed by atoms with van der Waals surface area (Å²) in [6.07, 6.45) is 0. The minimum Gasteiger partial charge on any atom is -0.396 e. The number of hydrogen-bond donors (Lipinski definition) is 2. The number of aromatic nitrogens is 1. The second kappa shape index (κ2) is 4.56. The Morgan fingerprint density at radius 3 is 2.33 bits per heavy atom. The van der Waals surface area contributed by atoms with Crippen LogP contribution in [0.15, 0.2) is 24.3 Å². The van der Waals surface area contributed by atoms with Crippen molar-refractivity contribution in [1.82, 2.24) is 4.98 Å². The summed E-state index contributed by atoms with van der Waals surface area (Å²) < 4.78 is 39.6. The van der Waals surface area contributed by atoms with Gasteiger partial charge in [0.25, 0.3) is 0 Å². The van der Waals surface area contributed by atoms with Crippen LogP contribution in [-0.4, -0.2) is 4.98 Å². The van der Waals surface area contributed by atoms with E-state index in [0.717, 1.165) is 0 Å². The average Bonchev–Trinajstić information content (AvgIpc) is 2.28. The van der Waals surface area contributed by atoms with Gasteiger partial charge in [-0.05, 0) is 19.1 Å². The first-order valence-electron chi connectivity index (χ1n) is 5.12. The smallest absolute Gasteiger partial charge is 0.154 e. The lowest BCUT2D eigenvalue weighted by molar-refractivity contribution is 0.549. The van der Waals surface area contributed by atoms with Gasteiger partial charge in [-0.25, -0.2) is 18.2 Å². The van der Waals surface area contributed by atoms with E-state index in [9.17, 15) is 13.2 Å². The number of nitrogen functional groups attached to an aromatic ring is 1. The number of hydrogen-bond acceptors (Lipinski definition) is 3. The molecule has 0 aliphatic heterocycles. The highest BCUT2D eigenvalue weighted by atomic mass is 19.1. The third-order valence-corrected chi connectivity index (χ3v) is 2.32. The average molecular weight is 253 g/mol. The van der Waals surface area contributed by atoms with Gasteiger partial charge in [0.15, 0.2) is 17.5 Å². The lowest BCUT2D eigenvalue weighted by Gasteiger charge is -2.10. The summed E-state index contributed by atoms with van der Waals surface area (Å²) >= 11 is 0. The number of rotatable bonds is 2. The number of nitrogens with one attached hydrogen (secondary N) is 1. The van der Waals surface area contributed by atoms with Gasteiger partial charge in [-0.15, -0.1) is 0 Å². The zero-order valence-electron chi connectivity index (χ0n) is 9.47. The van der Waals surface area contributed by atoms with Crippen LogP contribution >= 0.6 is 0 Å². The quantitative estimate of drug-likeness (QED) is 0.864. The summed E-state index contributed by atoms with van der Waals surface area (Å²) in [5.41, 5.74) is 6.01. The van der Waals surface area contributed by atoms with Crippen molar-refractivity contribution in [3.05, 3.63) is 47.4 Å². The van der Waals surface area contributed by atoms with Gasteiger partial charge >= 0.3 is 0 Å². The van der Waals surface area contributed by atoms with E-state index in [4.69, 9.17) is 5.73 Å². The maximum absolute atomic E-state index is 13.4. The van der Waals surface area contributed by atoms with Crippen molar-refractivity contribution in [2.75, 3.05) is 11.1 Å². The molecule has 0 aliphatic carbocycles. The van der Waals surface area contributed by atoms with Crippen LogP contribution in [0, 0.1) is 24.4 Å². The number of benzene rings is 1. The number of nitrogens with two attached hydrogens (primary N) is 1. The van der Waals surface area contributed by atoms with Crippen LogP contribution in [0.2, 0.25) is 0 Å². The number of aryl methyl sites for hydroxylation is 1. The van der Waals surface area contributed by atoms with Crippen LogP contribution in [0.5, 0.6) is 0 Å². The summed E-state index contributed by atoms with van der Waals surface area (Å²) in [6, 6.07) is 4.39. The molecule has 18 heavy (non-hydrogen) atoms. The molecule has 0 saturated carbocycles. The van der Waals surface area contributed by atoms with E-state index in [-0.39, 0.29) is 11.5 Å². The monoisotopic (exact) mass is 253 g/mol. The summed E-state index contributed by atoms with van der Waals surface area (Å²) in [5, 5.41) is 2.42. The molecule has 0 saturated heterocycles. The molecule has 3 N–H and O–H groups in total. The van der Waals surface area contributed by atoms with Crippen molar-refractivity contribution < 1.29 is 13.2 Å². The highest BCUT2D eigenvalue weighted by Gasteiger charge is 2.13. The van der Waals surface area contributed by atoms with Crippen LogP contribution in [0.1, 0.15) is 5.69 Å². The third kappa shape index (κ3) is 2.37. The van der Waals surface area contributed by atoms with E-state index in [0.29, 0.717) is 17.8 Å². The van der Waals surface area contributed by atoms with Crippen molar-refractivity contribution in [2.45, 2.75) is 6.92 Å². The molecule has 0 unspecified atom stereocenters. The van der Waals surface area contributed by atoms with Crippen LogP contribution in [0.3, 0.4) is 0 Å². The molecule has 0 amide bonds. The molecule has 0 bridgehead atoms. The molecule has 1 aromatic carbocycles. The number of pyridine rings is 1. The molecule has 0 fully saturated rings. The standard InChI is InChI=1S/C12H10F3N3/c1-6-2-3-10(16)12(17-6)18-11-8(14)4-7(13)5-9(11)15/h2-5H,16H2,1H3,(H,17,18). The Hall–Kier alpha value is -2.24. The summed E-state index contributed by atoms with van der Waals surface area (Å²) in [7, 11) is 0. The van der Waals surface area contributed by atoms with E-state index >= 15 is 0 Å². The fourth-order valence-corrected chi connectivity index (χ4v) is 1.45. The van der Waals surface area contributed by atoms with Crippen LogP contribution in [0.25, 0.3) is 0 Å². The number of halogens is 3. The molecule has 2 aromatic rings. The fraction of sp³-hybridized carbons (Fsp3) is 0.0833. The van der Waals surface area contributed by atoms with Crippen molar-refractivity contribution in [1.29, 1.82) is 0 Å². The Balaban J connectivity index is 2.43. The summed E-state index contributed by atoms with van der Waals surface area (Å²) in [4.78, 5) is 4.01. The second-order valence-corrected chi connectivity index (χ2v) is 3.76. The van der Waals surface area contributed by atoms with E-state index in [1.165, 1.54) is 0 Å². The van der Waals surface area contributed by atoms with E-state index < -0.39 is 23.1 Å². The second-order valence-electron chi connectivity index (χ2n) is 3.76. The van der Waals surface area contributed by atoms with Crippen LogP contribution < -0.4 is 11.1 Å². The van der Waals surface area contributed by atoms with E-state index in [1.54, 1.807) is 19.1 Å². The van der Waals surface area contributed by atoms with Gasteiger partial charge < -0.3 is 11.1 Å². The normalized spacial score (nSPS) is 10.4. The maximum atomic E-state index is 13.4. The molecule has 0 radical (unpaired) electrons. The van der Waals surface area contributed by atoms with Gasteiger partial charge in [0.1, 0.15) is 11.5 Å². The minimum absolute atomic E-state index is 0.124. The lowest BCUT2D eigenvalue weighted by Crippen LogP contribution is -2.04. The van der Waals surface area contributed by atoms with Gasteiger partial charge in [-0.2, -0.15) is 0 Å². The van der Waals surface area contributed by atoms with Crippen LogP contribution in [-0.2, 0) is 0 Å². The minimum atomic E-state index is -1.05. The first-order valence-corrected chi connectivity index (χ1v) is 5.12. The van der Waals surface area contributed by atoms with Gasteiger partial charge in [0, 0.05) is 17.8 Å². The van der Waals surface area contributed by atoms with Crippen molar-refractivity contribution >= 4 is 17.2 Å². The Bertz CT molecular complexity index is 576. The van der Waals surface area contributed by atoms with Gasteiger partial charge in [0.05, 0.1) is 5.69 Å². The molecule has 2 rings (SSSR count). The van der Waals surface area contributed by atoms with E-state index in [2.05, 4.69) is 10.3 Å². The number of anilines is 3. The van der Waals surface area contributed by atoms with Crippen molar-refractivity contribution in [3.8, 4) is 0 Å². The largest absolute Gasteiger partial charge is 0.396 e. The summed E-state index contributed by atoms with van der Waals surface area (Å²) in [6.45, 7) is 1.71. The van der Waals surface area contributed by atoms with Gasteiger partial charge in [-0.1, -0.05) is 0 Å². The van der Waals surface area contributed by atoms with E-state index in [1.807, 2.05) is 0 Å². The highest BCUT2D eigenvalue weighted by molar-refractivity contribution is 5.69. The highest BCUT2D eigenvalue weighted by Crippen LogP contribution is 2.26. The lowest BCUT2D eigenvalue weighted by atomic mass is 10.2. The molecule has 0 atom stereocenters. The summed E-state index contributed by atoms with van der Waals surface area (Å²) in [5.74, 6) is -2.95. The van der Waals surface area contributed by atoms with Crippen molar-refractivity contribution in [3.63, 3.8) is 0 Å². The van der Waals surface area contributed by atoms with Crippen LogP contribution in [0.4, 0.5) is 30.4 Å². The molecular formula is C12H10F3N3. The van der Waals surface area contributed by atoms with Gasteiger partial charge in [0.2, 0.25) is 0 Å². The Kier molecular flexibility index (Phi) is 3.10. The van der Waals surface area contributed by atoms with Gasteiger partial charge in [-0.3, -0.25) is 0 Å². The SMILES string of the molecule is Cc1ccc(N)c(Nc2c(F)cc(F)cc2F)n1. The topological polar surface area (TPSA) is 50.9 Å². The maximum Gasteiger partial charge on any atom is 0.154 e. The molecule has 0 spiro atoms. The third-order valence-electron chi connectivity index (χ3n) is 2.32. The number of nitrogens with zero attached hydrogens (tertiary/aromatic N) is 1. The Morgan fingerprint density at radius 1 is 1.11 bits per heavy atom. The molecule has 1 heterocycles. The zero-order valence-corrected chi connectivity index (χ0v) is 9.47. The van der Waals surface area contributed by atoms with Crippen molar-refractivity contribution in [2.24, 2.45) is 0 Å². The zero-order chi connectivity index (χ0) is 13.3. The first-order chi connectivity index (χ1) is 8.47. The molecule has 1 aromatic heterocycles. The molecule has 6 heteroatoms. The Labute approximate surface area is 101 Å². The Morgan fingerprint density at radius 2 is 1.72 bits per heavy atom. The fourth-order valence-electron chi connectivity index (χ4n) is 1.45. The molecular weight excluding hydrogens is 243 g/mol. The molecule has 0 aliphatic rings. The predicted octanol–water partition coefficient (Wildman–Crippen LogP) is 3.13. The molecule has 3 nitrogen and oxygen atoms in total. The molecule has 94 valence electrons.